The molecule has 1 aromatic heterocycles. The molecule has 13 heavy (non-hydrogen) atoms. The predicted octanol–water partition coefficient (Wildman–Crippen LogP) is 1.19. The van der Waals surface area contributed by atoms with Crippen LogP contribution in [0.15, 0.2) is 6.20 Å². The lowest BCUT2D eigenvalue weighted by Crippen LogP contribution is -2.27. The summed E-state index contributed by atoms with van der Waals surface area (Å²) < 4.78 is 1.99. The summed E-state index contributed by atoms with van der Waals surface area (Å²) >= 11 is 0. The molecule has 2 N–H and O–H groups in total. The molecule has 0 radical (unpaired) electrons. The molecule has 0 aromatic carbocycles. The molecule has 1 aliphatic carbocycles. The number of hydrogen-bond donors (Lipinski definition) is 1. The van der Waals surface area contributed by atoms with Gasteiger partial charge in [0, 0.05) is 24.7 Å². The fourth-order valence-corrected chi connectivity index (χ4v) is 2.29. The SMILES string of the molecule is CC(N)C1CCCc2c1cnn2C. The molecule has 1 aliphatic rings. The van der Waals surface area contributed by atoms with Crippen LogP contribution in [0.5, 0.6) is 0 Å². The summed E-state index contributed by atoms with van der Waals surface area (Å²) in [6.45, 7) is 2.09. The van der Waals surface area contributed by atoms with Crippen LogP contribution >= 0.6 is 0 Å². The first-order chi connectivity index (χ1) is 6.20. The third kappa shape index (κ3) is 1.37. The van der Waals surface area contributed by atoms with E-state index < -0.39 is 0 Å². The Morgan fingerprint density at radius 2 is 2.46 bits per heavy atom. The van der Waals surface area contributed by atoms with Gasteiger partial charge in [0.1, 0.15) is 0 Å². The third-order valence-corrected chi connectivity index (χ3v) is 3.06. The molecule has 3 heteroatoms. The van der Waals surface area contributed by atoms with Gasteiger partial charge in [0.05, 0.1) is 6.20 Å². The Morgan fingerprint density at radius 1 is 1.69 bits per heavy atom. The molecule has 0 spiro atoms. The van der Waals surface area contributed by atoms with Crippen molar-refractivity contribution >= 4 is 0 Å². The van der Waals surface area contributed by atoms with Crippen LogP contribution in [0.4, 0.5) is 0 Å². The Morgan fingerprint density at radius 3 is 3.15 bits per heavy atom. The van der Waals surface area contributed by atoms with Gasteiger partial charge >= 0.3 is 0 Å². The highest BCUT2D eigenvalue weighted by atomic mass is 15.3. The Balaban J connectivity index is 2.38. The molecule has 0 saturated heterocycles. The molecular weight excluding hydrogens is 162 g/mol. The van der Waals surface area contributed by atoms with E-state index in [1.54, 1.807) is 0 Å². The summed E-state index contributed by atoms with van der Waals surface area (Å²) in [7, 11) is 2.02. The van der Waals surface area contributed by atoms with E-state index in [0.29, 0.717) is 5.92 Å². The molecule has 2 atom stereocenters. The number of nitrogens with two attached hydrogens (primary N) is 1. The molecule has 0 saturated carbocycles. The summed E-state index contributed by atoms with van der Waals surface area (Å²) in [5, 5.41) is 4.29. The van der Waals surface area contributed by atoms with Crippen LogP contribution in [0.25, 0.3) is 0 Å². The zero-order valence-corrected chi connectivity index (χ0v) is 8.33. The second-order valence-electron chi connectivity index (χ2n) is 4.03. The molecule has 0 fully saturated rings. The molecule has 1 aromatic rings. The maximum absolute atomic E-state index is 5.95. The van der Waals surface area contributed by atoms with Gasteiger partial charge in [-0.15, -0.1) is 0 Å². The highest BCUT2D eigenvalue weighted by Gasteiger charge is 2.25. The smallest absolute Gasteiger partial charge is 0.0527 e. The van der Waals surface area contributed by atoms with E-state index in [0.717, 1.165) is 6.42 Å². The molecule has 2 unspecified atom stereocenters. The topological polar surface area (TPSA) is 43.8 Å². The van der Waals surface area contributed by atoms with Gasteiger partial charge in [-0.05, 0) is 31.7 Å². The van der Waals surface area contributed by atoms with E-state index >= 15 is 0 Å². The van der Waals surface area contributed by atoms with Crippen LogP contribution in [0.2, 0.25) is 0 Å². The zero-order valence-electron chi connectivity index (χ0n) is 8.33. The molecule has 72 valence electrons. The van der Waals surface area contributed by atoms with E-state index in [1.165, 1.54) is 24.1 Å². The minimum absolute atomic E-state index is 0.253. The monoisotopic (exact) mass is 179 g/mol. The number of aryl methyl sites for hydroxylation is 1. The zero-order chi connectivity index (χ0) is 9.42. The number of hydrogen-bond acceptors (Lipinski definition) is 2. The van der Waals surface area contributed by atoms with Gasteiger partial charge in [-0.25, -0.2) is 0 Å². The van der Waals surface area contributed by atoms with Gasteiger partial charge in [0.2, 0.25) is 0 Å². The predicted molar refractivity (Wildman–Crippen MR) is 52.5 cm³/mol. The third-order valence-electron chi connectivity index (χ3n) is 3.06. The Labute approximate surface area is 78.9 Å². The van der Waals surface area contributed by atoms with Crippen molar-refractivity contribution in [2.24, 2.45) is 12.8 Å². The first-order valence-electron chi connectivity index (χ1n) is 4.96. The highest BCUT2D eigenvalue weighted by molar-refractivity contribution is 5.26. The Hall–Kier alpha value is -0.830. The Kier molecular flexibility index (Phi) is 2.12. The van der Waals surface area contributed by atoms with Crippen molar-refractivity contribution < 1.29 is 0 Å². The fraction of sp³-hybridized carbons (Fsp3) is 0.700. The fourth-order valence-electron chi connectivity index (χ4n) is 2.29. The van der Waals surface area contributed by atoms with Crippen molar-refractivity contribution in [3.8, 4) is 0 Å². The second kappa shape index (κ2) is 3.14. The second-order valence-corrected chi connectivity index (χ2v) is 4.03. The van der Waals surface area contributed by atoms with Crippen molar-refractivity contribution in [3.05, 3.63) is 17.5 Å². The molecule has 3 nitrogen and oxygen atoms in total. The molecule has 2 rings (SSSR count). The first-order valence-corrected chi connectivity index (χ1v) is 4.96. The number of rotatable bonds is 1. The summed E-state index contributed by atoms with van der Waals surface area (Å²) in [5.74, 6) is 0.525. The molecule has 0 aliphatic heterocycles. The van der Waals surface area contributed by atoms with Crippen molar-refractivity contribution in [3.63, 3.8) is 0 Å². The van der Waals surface area contributed by atoms with E-state index in [1.807, 2.05) is 17.9 Å². The van der Waals surface area contributed by atoms with E-state index in [2.05, 4.69) is 12.0 Å². The molecule has 0 amide bonds. The van der Waals surface area contributed by atoms with Gasteiger partial charge in [0.25, 0.3) is 0 Å². The highest BCUT2D eigenvalue weighted by Crippen LogP contribution is 2.32. The average Bonchev–Trinajstić information content (AvgIpc) is 2.48. The van der Waals surface area contributed by atoms with Gasteiger partial charge in [-0.3, -0.25) is 4.68 Å². The van der Waals surface area contributed by atoms with Crippen molar-refractivity contribution in [2.75, 3.05) is 0 Å². The van der Waals surface area contributed by atoms with Gasteiger partial charge in [-0.1, -0.05) is 0 Å². The van der Waals surface area contributed by atoms with Crippen LogP contribution < -0.4 is 5.73 Å². The van der Waals surface area contributed by atoms with Crippen LogP contribution in [0, 0.1) is 0 Å². The first kappa shape index (κ1) is 8.75. The van der Waals surface area contributed by atoms with Crippen LogP contribution in [0.3, 0.4) is 0 Å². The van der Waals surface area contributed by atoms with Crippen LogP contribution in [-0.2, 0) is 13.5 Å². The van der Waals surface area contributed by atoms with Crippen LogP contribution in [-0.4, -0.2) is 15.8 Å². The lowest BCUT2D eigenvalue weighted by Gasteiger charge is -2.25. The quantitative estimate of drug-likeness (QED) is 0.703. The summed E-state index contributed by atoms with van der Waals surface area (Å²) in [6.07, 6.45) is 5.62. The molecule has 1 heterocycles. The lowest BCUT2D eigenvalue weighted by atomic mass is 9.83. The van der Waals surface area contributed by atoms with Crippen molar-refractivity contribution in [1.82, 2.24) is 9.78 Å². The lowest BCUT2D eigenvalue weighted by molar-refractivity contribution is 0.476. The molecular formula is C10H17N3. The summed E-state index contributed by atoms with van der Waals surface area (Å²) in [5.41, 5.74) is 8.72. The normalized spacial score (nSPS) is 24.1. The molecule has 0 bridgehead atoms. The van der Waals surface area contributed by atoms with Crippen molar-refractivity contribution in [1.29, 1.82) is 0 Å². The summed E-state index contributed by atoms with van der Waals surface area (Å²) in [6, 6.07) is 0.253. The van der Waals surface area contributed by atoms with Gasteiger partial charge in [0.15, 0.2) is 0 Å². The largest absolute Gasteiger partial charge is 0.327 e. The van der Waals surface area contributed by atoms with E-state index in [-0.39, 0.29) is 6.04 Å². The Bertz CT molecular complexity index is 301. The maximum atomic E-state index is 5.95. The van der Waals surface area contributed by atoms with Gasteiger partial charge in [-0.2, -0.15) is 5.10 Å². The number of nitrogens with zero attached hydrogens (tertiary/aromatic N) is 2. The minimum atomic E-state index is 0.253. The minimum Gasteiger partial charge on any atom is -0.327 e. The van der Waals surface area contributed by atoms with Crippen molar-refractivity contribution in [2.45, 2.75) is 38.1 Å². The average molecular weight is 179 g/mol. The standard InChI is InChI=1S/C10H17N3/c1-7(11)8-4-3-5-10-9(8)6-12-13(10)2/h6-8H,3-5,11H2,1-2H3. The van der Waals surface area contributed by atoms with E-state index in [4.69, 9.17) is 5.73 Å². The number of fused-ring (bicyclic) bond motifs is 1. The van der Waals surface area contributed by atoms with Crippen LogP contribution in [0.1, 0.15) is 36.9 Å². The number of aromatic nitrogens is 2. The maximum Gasteiger partial charge on any atom is 0.0527 e. The van der Waals surface area contributed by atoms with Gasteiger partial charge < -0.3 is 5.73 Å². The summed E-state index contributed by atoms with van der Waals surface area (Å²) in [4.78, 5) is 0. The van der Waals surface area contributed by atoms with E-state index in [9.17, 15) is 0 Å².